The molecule has 0 unspecified atom stereocenters. The third kappa shape index (κ3) is 2.78. The lowest BCUT2D eigenvalue weighted by Gasteiger charge is -2.19. The number of Topliss-reactive ketones (excluding diaryl/α,β-unsaturated/α-hetero) is 1. The predicted molar refractivity (Wildman–Crippen MR) is 80.0 cm³/mol. The van der Waals surface area contributed by atoms with Crippen molar-refractivity contribution in [2.45, 2.75) is 25.7 Å². The molecule has 0 N–H and O–H groups in total. The van der Waals surface area contributed by atoms with Crippen LogP contribution in [0.4, 0.5) is 0 Å². The molecule has 3 nitrogen and oxygen atoms in total. The van der Waals surface area contributed by atoms with Gasteiger partial charge in [0.1, 0.15) is 11.8 Å². The van der Waals surface area contributed by atoms with Gasteiger partial charge in [-0.05, 0) is 31.9 Å². The lowest BCUT2D eigenvalue weighted by Crippen LogP contribution is -2.30. The van der Waals surface area contributed by atoms with Gasteiger partial charge in [-0.25, -0.2) is 0 Å². The van der Waals surface area contributed by atoms with E-state index in [0.29, 0.717) is 12.1 Å². The topological polar surface area (TPSA) is 33.5 Å². The van der Waals surface area contributed by atoms with Crippen LogP contribution in [0.3, 0.4) is 0 Å². The molecule has 2 aromatic rings. The summed E-state index contributed by atoms with van der Waals surface area (Å²) in [5, 5.41) is 0.923. The average Bonchev–Trinajstić information content (AvgIpc) is 3.07. The summed E-state index contributed by atoms with van der Waals surface area (Å²) in [5.41, 5.74) is 1.49. The zero-order valence-electron chi connectivity index (χ0n) is 12.0. The van der Waals surface area contributed by atoms with Gasteiger partial charge in [0.15, 0.2) is 5.78 Å². The van der Waals surface area contributed by atoms with Gasteiger partial charge in [-0.15, -0.1) is 0 Å². The van der Waals surface area contributed by atoms with Gasteiger partial charge in [0.25, 0.3) is 0 Å². The highest BCUT2D eigenvalue weighted by Gasteiger charge is 2.20. The number of hydrogen-bond acceptors (Lipinski definition) is 3. The van der Waals surface area contributed by atoms with E-state index < -0.39 is 0 Å². The number of likely N-dealkylation sites (N-methyl/N-ethyl adjacent to an activating group) is 1. The Hall–Kier alpha value is -1.61. The second kappa shape index (κ2) is 5.80. The monoisotopic (exact) mass is 271 g/mol. The van der Waals surface area contributed by atoms with Crippen molar-refractivity contribution in [3.05, 3.63) is 36.1 Å². The first kappa shape index (κ1) is 13.4. The molecule has 1 aliphatic carbocycles. The van der Waals surface area contributed by atoms with Gasteiger partial charge in [-0.3, -0.25) is 9.69 Å². The van der Waals surface area contributed by atoms with Crippen molar-refractivity contribution >= 4 is 16.8 Å². The number of ketones is 1. The van der Waals surface area contributed by atoms with Crippen LogP contribution in [-0.4, -0.2) is 30.8 Å². The maximum absolute atomic E-state index is 12.4. The van der Waals surface area contributed by atoms with Gasteiger partial charge in [-0.2, -0.15) is 0 Å². The molecule has 1 aromatic heterocycles. The second-order valence-electron chi connectivity index (χ2n) is 5.92. The van der Waals surface area contributed by atoms with Crippen molar-refractivity contribution < 1.29 is 9.21 Å². The van der Waals surface area contributed by atoms with Crippen LogP contribution in [-0.2, 0) is 0 Å². The van der Waals surface area contributed by atoms with Gasteiger partial charge >= 0.3 is 0 Å². The molecular weight excluding hydrogens is 250 g/mol. The highest BCUT2D eigenvalue weighted by atomic mass is 16.3. The fourth-order valence-electron chi connectivity index (χ4n) is 3.22. The minimum absolute atomic E-state index is 0.149. The lowest BCUT2D eigenvalue weighted by molar-refractivity contribution is 0.0939. The predicted octanol–water partition coefficient (Wildman–Crippen LogP) is 3.74. The van der Waals surface area contributed by atoms with Gasteiger partial charge in [-0.1, -0.05) is 31.0 Å². The van der Waals surface area contributed by atoms with Crippen molar-refractivity contribution in [1.29, 1.82) is 0 Å². The van der Waals surface area contributed by atoms with Crippen LogP contribution < -0.4 is 0 Å². The molecule has 106 valence electrons. The molecule has 0 atom stereocenters. The van der Waals surface area contributed by atoms with Crippen LogP contribution in [0.15, 0.2) is 34.9 Å². The van der Waals surface area contributed by atoms with Crippen LogP contribution in [0, 0.1) is 5.92 Å². The zero-order valence-corrected chi connectivity index (χ0v) is 12.0. The quantitative estimate of drug-likeness (QED) is 0.777. The summed E-state index contributed by atoms with van der Waals surface area (Å²) in [6.45, 7) is 1.50. The minimum Gasteiger partial charge on any atom is -0.464 e. The highest BCUT2D eigenvalue weighted by Crippen LogP contribution is 2.25. The van der Waals surface area contributed by atoms with Crippen LogP contribution in [0.5, 0.6) is 0 Å². The molecular formula is C17H21NO2. The highest BCUT2D eigenvalue weighted by molar-refractivity contribution is 6.08. The summed E-state index contributed by atoms with van der Waals surface area (Å²) in [4.78, 5) is 14.6. The van der Waals surface area contributed by atoms with E-state index in [2.05, 4.69) is 4.90 Å². The van der Waals surface area contributed by atoms with Crippen LogP contribution in [0.1, 0.15) is 36.0 Å². The number of rotatable bonds is 5. The Balaban J connectivity index is 1.66. The summed E-state index contributed by atoms with van der Waals surface area (Å²) >= 11 is 0. The number of carbonyl (C=O) groups excluding carboxylic acids is 1. The first-order valence-corrected chi connectivity index (χ1v) is 7.42. The molecule has 1 heterocycles. The Kier molecular flexibility index (Phi) is 3.88. The van der Waals surface area contributed by atoms with Crippen molar-refractivity contribution in [3.8, 4) is 0 Å². The maximum Gasteiger partial charge on any atom is 0.180 e. The molecule has 0 radical (unpaired) electrons. The summed E-state index contributed by atoms with van der Waals surface area (Å²) < 4.78 is 5.45. The molecule has 0 aliphatic heterocycles. The van der Waals surface area contributed by atoms with Crippen molar-refractivity contribution in [2.75, 3.05) is 20.1 Å². The molecule has 1 saturated carbocycles. The average molecular weight is 271 g/mol. The van der Waals surface area contributed by atoms with Crippen LogP contribution in [0.25, 0.3) is 11.0 Å². The molecule has 0 saturated heterocycles. The molecule has 1 aliphatic rings. The Morgan fingerprint density at radius 3 is 2.85 bits per heavy atom. The van der Waals surface area contributed by atoms with E-state index in [1.54, 1.807) is 6.26 Å². The molecule has 1 fully saturated rings. The zero-order chi connectivity index (χ0) is 13.9. The number of carbonyl (C=O) groups is 1. The standard InChI is InChI=1S/C17H21NO2/c1-18(10-13-6-2-3-7-13)11-16(19)15-12-20-17-9-5-4-8-14(15)17/h4-5,8-9,12-13H,2-3,6-7,10-11H2,1H3. The van der Waals surface area contributed by atoms with Gasteiger partial charge in [0.2, 0.25) is 0 Å². The number of para-hydroxylation sites is 1. The number of benzene rings is 1. The van der Waals surface area contributed by atoms with Crippen LogP contribution >= 0.6 is 0 Å². The number of hydrogen-bond donors (Lipinski definition) is 0. The third-order valence-electron chi connectivity index (χ3n) is 4.24. The minimum atomic E-state index is 0.149. The molecule has 1 aromatic carbocycles. The fourth-order valence-corrected chi connectivity index (χ4v) is 3.22. The van der Waals surface area contributed by atoms with Crippen molar-refractivity contribution in [3.63, 3.8) is 0 Å². The molecule has 0 bridgehead atoms. The smallest absolute Gasteiger partial charge is 0.180 e. The van der Waals surface area contributed by atoms with E-state index in [4.69, 9.17) is 4.42 Å². The lowest BCUT2D eigenvalue weighted by atomic mass is 10.1. The number of nitrogens with zero attached hydrogens (tertiary/aromatic N) is 1. The number of fused-ring (bicyclic) bond motifs is 1. The fraction of sp³-hybridized carbons (Fsp3) is 0.471. The van der Waals surface area contributed by atoms with E-state index in [1.807, 2.05) is 31.3 Å². The summed E-state index contributed by atoms with van der Waals surface area (Å²) in [6.07, 6.45) is 6.91. The van der Waals surface area contributed by atoms with Crippen LogP contribution in [0.2, 0.25) is 0 Å². The summed E-state index contributed by atoms with van der Waals surface area (Å²) in [6, 6.07) is 7.71. The van der Waals surface area contributed by atoms with Crippen molar-refractivity contribution in [1.82, 2.24) is 4.90 Å². The Bertz CT molecular complexity index is 596. The van der Waals surface area contributed by atoms with E-state index in [1.165, 1.54) is 25.7 Å². The molecule has 0 amide bonds. The van der Waals surface area contributed by atoms with Gasteiger partial charge in [0.05, 0.1) is 12.1 Å². The first-order chi connectivity index (χ1) is 9.74. The van der Waals surface area contributed by atoms with Crippen molar-refractivity contribution in [2.24, 2.45) is 5.92 Å². The normalized spacial score (nSPS) is 16.3. The Morgan fingerprint density at radius 2 is 2.05 bits per heavy atom. The molecule has 3 rings (SSSR count). The first-order valence-electron chi connectivity index (χ1n) is 7.42. The summed E-state index contributed by atoms with van der Waals surface area (Å²) in [7, 11) is 2.04. The maximum atomic E-state index is 12.4. The van der Waals surface area contributed by atoms with E-state index in [9.17, 15) is 4.79 Å². The Morgan fingerprint density at radius 1 is 1.30 bits per heavy atom. The van der Waals surface area contributed by atoms with Gasteiger partial charge < -0.3 is 4.42 Å². The van der Waals surface area contributed by atoms with E-state index in [0.717, 1.165) is 23.4 Å². The number of furan rings is 1. The molecule has 0 spiro atoms. The van der Waals surface area contributed by atoms with E-state index >= 15 is 0 Å². The third-order valence-corrected chi connectivity index (χ3v) is 4.24. The Labute approximate surface area is 119 Å². The summed E-state index contributed by atoms with van der Waals surface area (Å²) in [5.74, 6) is 0.921. The largest absolute Gasteiger partial charge is 0.464 e. The SMILES string of the molecule is CN(CC(=O)c1coc2ccccc12)CC1CCCC1. The molecule has 3 heteroatoms. The van der Waals surface area contributed by atoms with Gasteiger partial charge in [0, 0.05) is 11.9 Å². The second-order valence-corrected chi connectivity index (χ2v) is 5.92. The molecule has 20 heavy (non-hydrogen) atoms. The van der Waals surface area contributed by atoms with E-state index in [-0.39, 0.29) is 5.78 Å².